The second-order valence-electron chi connectivity index (χ2n) is 6.11. The molecule has 0 radical (unpaired) electrons. The van der Waals surface area contributed by atoms with Crippen molar-refractivity contribution in [1.29, 1.82) is 0 Å². The number of likely N-dealkylation sites (N-methyl/N-ethyl adjacent to an activating group) is 1. The topological polar surface area (TPSA) is 59.4 Å². The molecule has 2 aromatic heterocycles. The fraction of sp³-hybridized carbons (Fsp3) is 0.368. The Balaban J connectivity index is 1.91. The molecule has 130 valence electrons. The number of nitrogens with one attached hydrogen (secondary N) is 1. The van der Waals surface area contributed by atoms with E-state index in [1.54, 1.807) is 18.6 Å². The first-order chi connectivity index (χ1) is 12.3. The van der Waals surface area contributed by atoms with Gasteiger partial charge >= 0.3 is 0 Å². The zero-order valence-electron chi connectivity index (χ0n) is 14.3. The molecular formula is C19H22N4OS. The molecule has 1 atom stereocenters. The zero-order chi connectivity index (χ0) is 17.5. The summed E-state index contributed by atoms with van der Waals surface area (Å²) in [4.78, 5) is 14.8. The van der Waals surface area contributed by atoms with Gasteiger partial charge in [0.1, 0.15) is 6.61 Å². The highest BCUT2D eigenvalue weighted by atomic mass is 32.1. The van der Waals surface area contributed by atoms with Crippen LogP contribution in [-0.2, 0) is 16.9 Å². The number of thiocarbonyl (C=S) groups is 1. The number of nitrogens with zero attached hydrogens (tertiary/aromatic N) is 3. The Morgan fingerprint density at radius 2 is 2.04 bits per heavy atom. The maximum absolute atomic E-state index is 5.71. The minimum atomic E-state index is -0.439. The van der Waals surface area contributed by atoms with Crippen molar-refractivity contribution in [1.82, 2.24) is 15.3 Å². The summed E-state index contributed by atoms with van der Waals surface area (Å²) < 4.78 is 0. The SMILES string of the molecule is CNC(=S)C1(c2cccnc2)CCCCC1=NOCc1cccnc1. The van der Waals surface area contributed by atoms with Gasteiger partial charge in [-0.15, -0.1) is 0 Å². The molecule has 1 N–H and O–H groups in total. The molecule has 0 saturated heterocycles. The van der Waals surface area contributed by atoms with E-state index in [1.807, 2.05) is 31.4 Å². The Kier molecular flexibility index (Phi) is 5.71. The predicted molar refractivity (Wildman–Crippen MR) is 103 cm³/mol. The highest BCUT2D eigenvalue weighted by Crippen LogP contribution is 2.38. The van der Waals surface area contributed by atoms with E-state index in [1.165, 1.54) is 0 Å². The van der Waals surface area contributed by atoms with E-state index in [4.69, 9.17) is 17.1 Å². The molecule has 0 amide bonds. The lowest BCUT2D eigenvalue weighted by atomic mass is 9.68. The molecule has 1 aliphatic rings. The van der Waals surface area contributed by atoms with E-state index in [0.29, 0.717) is 6.61 Å². The van der Waals surface area contributed by atoms with Crippen LogP contribution in [0.4, 0.5) is 0 Å². The summed E-state index contributed by atoms with van der Waals surface area (Å²) in [7, 11) is 1.86. The average Bonchev–Trinajstić information content (AvgIpc) is 2.69. The fourth-order valence-electron chi connectivity index (χ4n) is 3.35. The molecule has 2 aromatic rings. The number of pyridine rings is 2. The molecule has 1 aliphatic carbocycles. The number of hydrogen-bond donors (Lipinski definition) is 1. The van der Waals surface area contributed by atoms with E-state index in [0.717, 1.165) is 47.5 Å². The number of oxime groups is 1. The first-order valence-electron chi connectivity index (χ1n) is 8.48. The third-order valence-corrected chi connectivity index (χ3v) is 5.16. The van der Waals surface area contributed by atoms with Crippen molar-refractivity contribution in [3.8, 4) is 0 Å². The second-order valence-corrected chi connectivity index (χ2v) is 6.51. The van der Waals surface area contributed by atoms with Gasteiger partial charge in [-0.25, -0.2) is 0 Å². The molecule has 5 nitrogen and oxygen atoms in total. The summed E-state index contributed by atoms with van der Waals surface area (Å²) in [5, 5.41) is 7.68. The van der Waals surface area contributed by atoms with Gasteiger partial charge in [0, 0.05) is 37.4 Å². The van der Waals surface area contributed by atoms with Crippen LogP contribution in [0.25, 0.3) is 0 Å². The van der Waals surface area contributed by atoms with Crippen LogP contribution >= 0.6 is 12.2 Å². The number of hydrogen-bond acceptors (Lipinski definition) is 5. The molecule has 2 heterocycles. The quantitative estimate of drug-likeness (QED) is 0.659. The number of aromatic nitrogens is 2. The summed E-state index contributed by atoms with van der Waals surface area (Å²) in [5.41, 5.74) is 2.59. The van der Waals surface area contributed by atoms with Crippen LogP contribution in [-0.4, -0.2) is 27.7 Å². The summed E-state index contributed by atoms with van der Waals surface area (Å²) >= 11 is 5.71. The Labute approximate surface area is 153 Å². The van der Waals surface area contributed by atoms with E-state index in [9.17, 15) is 0 Å². The van der Waals surface area contributed by atoms with Crippen LogP contribution in [0.5, 0.6) is 0 Å². The molecular weight excluding hydrogens is 332 g/mol. The largest absolute Gasteiger partial charge is 0.391 e. The van der Waals surface area contributed by atoms with E-state index >= 15 is 0 Å². The maximum atomic E-state index is 5.71. The Morgan fingerprint density at radius 3 is 2.72 bits per heavy atom. The van der Waals surface area contributed by atoms with Crippen LogP contribution in [0.2, 0.25) is 0 Å². The molecule has 0 aliphatic heterocycles. The normalized spacial score (nSPS) is 21.7. The van der Waals surface area contributed by atoms with Crippen molar-refractivity contribution >= 4 is 22.9 Å². The second kappa shape index (κ2) is 8.16. The number of rotatable bonds is 5. The van der Waals surface area contributed by atoms with E-state index < -0.39 is 5.41 Å². The lowest BCUT2D eigenvalue weighted by molar-refractivity contribution is 0.127. The van der Waals surface area contributed by atoms with Gasteiger partial charge in [0.25, 0.3) is 0 Å². The molecule has 0 bridgehead atoms. The van der Waals surface area contributed by atoms with Gasteiger partial charge in [-0.05, 0) is 37.0 Å². The van der Waals surface area contributed by atoms with Crippen LogP contribution in [0.3, 0.4) is 0 Å². The summed E-state index contributed by atoms with van der Waals surface area (Å²) in [5.74, 6) is 0. The van der Waals surface area contributed by atoms with Gasteiger partial charge in [-0.1, -0.05) is 35.9 Å². The zero-order valence-corrected chi connectivity index (χ0v) is 15.1. The van der Waals surface area contributed by atoms with E-state index in [-0.39, 0.29) is 0 Å². The predicted octanol–water partition coefficient (Wildman–Crippen LogP) is 3.41. The molecule has 3 rings (SSSR count). The van der Waals surface area contributed by atoms with Gasteiger partial charge in [0.05, 0.1) is 16.1 Å². The van der Waals surface area contributed by atoms with Gasteiger partial charge < -0.3 is 10.2 Å². The van der Waals surface area contributed by atoms with Crippen LogP contribution < -0.4 is 5.32 Å². The minimum Gasteiger partial charge on any atom is -0.391 e. The van der Waals surface area contributed by atoms with Crippen molar-refractivity contribution in [2.45, 2.75) is 37.7 Å². The standard InChI is InChI=1S/C19H22N4OS/c1-20-18(25)19(16-7-5-11-22-13-16)9-3-2-8-17(19)23-24-14-15-6-4-10-21-12-15/h4-7,10-13H,2-3,8-9,14H2,1H3,(H,20,25). The van der Waals surface area contributed by atoms with Crippen LogP contribution in [0.15, 0.2) is 54.2 Å². The highest BCUT2D eigenvalue weighted by molar-refractivity contribution is 7.80. The van der Waals surface area contributed by atoms with E-state index in [2.05, 4.69) is 26.5 Å². The van der Waals surface area contributed by atoms with Crippen LogP contribution in [0.1, 0.15) is 36.8 Å². The van der Waals surface area contributed by atoms with Gasteiger partial charge in [0.15, 0.2) is 0 Å². The van der Waals surface area contributed by atoms with Gasteiger partial charge in [-0.3, -0.25) is 9.97 Å². The van der Waals surface area contributed by atoms with Gasteiger partial charge in [0.2, 0.25) is 0 Å². The molecule has 1 saturated carbocycles. The summed E-state index contributed by atoms with van der Waals surface area (Å²) in [6.45, 7) is 0.396. The summed E-state index contributed by atoms with van der Waals surface area (Å²) in [6, 6.07) is 7.87. The van der Waals surface area contributed by atoms with Crippen molar-refractivity contribution in [2.24, 2.45) is 5.16 Å². The first kappa shape index (κ1) is 17.5. The van der Waals surface area contributed by atoms with Crippen molar-refractivity contribution in [3.63, 3.8) is 0 Å². The lowest BCUT2D eigenvalue weighted by Crippen LogP contribution is -2.50. The molecule has 6 heteroatoms. The maximum Gasteiger partial charge on any atom is 0.143 e. The van der Waals surface area contributed by atoms with Crippen molar-refractivity contribution < 1.29 is 4.84 Å². The monoisotopic (exact) mass is 354 g/mol. The molecule has 25 heavy (non-hydrogen) atoms. The van der Waals surface area contributed by atoms with Crippen LogP contribution in [0, 0.1) is 0 Å². The Hall–Kier alpha value is -2.34. The molecule has 0 spiro atoms. The van der Waals surface area contributed by atoms with Crippen molar-refractivity contribution in [2.75, 3.05) is 7.05 Å². The Morgan fingerprint density at radius 1 is 1.24 bits per heavy atom. The molecule has 1 fully saturated rings. The fourth-order valence-corrected chi connectivity index (χ4v) is 3.69. The molecule has 0 aromatic carbocycles. The smallest absolute Gasteiger partial charge is 0.143 e. The third-order valence-electron chi connectivity index (χ3n) is 4.61. The molecule has 1 unspecified atom stereocenters. The van der Waals surface area contributed by atoms with Crippen molar-refractivity contribution in [3.05, 3.63) is 60.2 Å². The minimum absolute atomic E-state index is 0.396. The Bertz CT molecular complexity index is 736. The highest BCUT2D eigenvalue weighted by Gasteiger charge is 2.44. The first-order valence-corrected chi connectivity index (χ1v) is 8.89. The summed E-state index contributed by atoms with van der Waals surface area (Å²) in [6.07, 6.45) is 11.1. The van der Waals surface area contributed by atoms with Gasteiger partial charge in [-0.2, -0.15) is 0 Å². The average molecular weight is 354 g/mol. The third kappa shape index (κ3) is 3.69. The lowest BCUT2D eigenvalue weighted by Gasteiger charge is -2.38.